The molecule has 1 aromatic heterocycles. The topological polar surface area (TPSA) is 210 Å². The first-order chi connectivity index (χ1) is 36.2. The van der Waals surface area contributed by atoms with Crippen LogP contribution in [-0.4, -0.2) is 108 Å². The fourth-order valence-electron chi connectivity index (χ4n) is 10.9. The Morgan fingerprint density at radius 3 is 2.25 bits per heavy atom. The molecule has 0 radical (unpaired) electrons. The molecule has 408 valence electrons. The molecular weight excluding hydrogens is 1040 g/mol. The van der Waals surface area contributed by atoms with Crippen molar-refractivity contribution >= 4 is 96.5 Å². The predicted molar refractivity (Wildman–Crippen MR) is 297 cm³/mol. The lowest BCUT2D eigenvalue weighted by Crippen LogP contribution is -2.55. The molecule has 0 saturated carbocycles. The highest BCUT2D eigenvalue weighted by molar-refractivity contribution is 7.88. The number of thiophene rings is 1. The van der Waals surface area contributed by atoms with Crippen molar-refractivity contribution < 1.29 is 51.4 Å². The summed E-state index contributed by atoms with van der Waals surface area (Å²) in [6, 6.07) is 22.8. The summed E-state index contributed by atoms with van der Waals surface area (Å²) < 4.78 is 47.0. The van der Waals surface area contributed by atoms with Crippen LogP contribution in [0.25, 0.3) is 21.2 Å². The third-order valence-electron chi connectivity index (χ3n) is 14.1. The minimum absolute atomic E-state index is 0.0296. The molecule has 77 heavy (non-hydrogen) atoms. The Bertz CT molecular complexity index is 3300. The van der Waals surface area contributed by atoms with Gasteiger partial charge < -0.3 is 29.7 Å². The van der Waals surface area contributed by atoms with Crippen LogP contribution in [0.2, 0.25) is 5.02 Å². The highest BCUT2D eigenvalue weighted by atomic mass is 35.5. The Labute approximate surface area is 458 Å². The van der Waals surface area contributed by atoms with E-state index in [0.29, 0.717) is 71.7 Å². The standard InChI is InChI=1S/C57H65ClN6O11S2/c1-55(2,3)74-45(66)31-73-48-47(58)49(76-50(48)53(69)75-56(4,5)6)35-13-10-15-37(29-35)59-38-24-27-63(57(7,8)30-38)77(71,72)32-33-12-9-14-36(28-33)60-54(70)62-25-22-34(23-26-62)39-18-19-41-46-40(39)16-11-17-42(46)64(52(41)68)43-20-21-44(65)61-51(43)67/h9-19,28-29,34,38,43,59H,20-27,30-32H2,1-8H3,(H,60,70)(H,61,65,67)/t38-,43?/m0/s1. The van der Waals surface area contributed by atoms with Gasteiger partial charge in [0.2, 0.25) is 21.8 Å². The molecule has 3 fully saturated rings. The van der Waals surface area contributed by atoms with Gasteiger partial charge >= 0.3 is 18.0 Å². The van der Waals surface area contributed by atoms with Gasteiger partial charge in [0.05, 0.1) is 16.3 Å². The summed E-state index contributed by atoms with van der Waals surface area (Å²) in [5.74, 6) is -2.45. The van der Waals surface area contributed by atoms with Crippen molar-refractivity contribution in [1.29, 1.82) is 0 Å². The van der Waals surface area contributed by atoms with Crippen molar-refractivity contribution in [3.63, 3.8) is 0 Å². The molecule has 0 aliphatic carbocycles. The molecule has 5 amide bonds. The van der Waals surface area contributed by atoms with Gasteiger partial charge in [0.25, 0.3) is 5.91 Å². The van der Waals surface area contributed by atoms with Gasteiger partial charge in [-0.3, -0.25) is 24.6 Å². The minimum Gasteiger partial charge on any atom is -0.479 e. The number of rotatable bonds is 13. The van der Waals surface area contributed by atoms with Gasteiger partial charge in [0, 0.05) is 60.0 Å². The number of likely N-dealkylation sites (tertiary alicyclic amines) is 1. The van der Waals surface area contributed by atoms with Crippen LogP contribution < -0.4 is 25.6 Å². The summed E-state index contributed by atoms with van der Waals surface area (Å²) >= 11 is 8.03. The largest absolute Gasteiger partial charge is 0.479 e. The van der Waals surface area contributed by atoms with Gasteiger partial charge in [0.15, 0.2) is 17.2 Å². The monoisotopic (exact) mass is 1110 g/mol. The van der Waals surface area contributed by atoms with E-state index in [0.717, 1.165) is 33.4 Å². The first-order valence-electron chi connectivity index (χ1n) is 25.9. The number of anilines is 3. The van der Waals surface area contributed by atoms with Crippen molar-refractivity contribution in [3.8, 4) is 16.2 Å². The molecule has 17 nitrogen and oxygen atoms in total. The fourth-order valence-corrected chi connectivity index (χ4v) is 14.3. The van der Waals surface area contributed by atoms with Crippen molar-refractivity contribution in [2.45, 2.75) is 134 Å². The second kappa shape index (κ2) is 21.4. The Balaban J connectivity index is 0.805. The molecule has 20 heteroatoms. The Hall–Kier alpha value is -6.54. The first kappa shape index (κ1) is 55.2. The smallest absolute Gasteiger partial charge is 0.352 e. The second-order valence-electron chi connectivity index (χ2n) is 22.8. The lowest BCUT2D eigenvalue weighted by atomic mass is 9.85. The zero-order valence-corrected chi connectivity index (χ0v) is 46.9. The number of halogens is 1. The number of ether oxygens (including phenoxy) is 3. The summed E-state index contributed by atoms with van der Waals surface area (Å²) in [6.07, 6.45) is 2.81. The van der Waals surface area contributed by atoms with Crippen LogP contribution in [0.4, 0.5) is 21.9 Å². The molecule has 9 rings (SSSR count). The van der Waals surface area contributed by atoms with Crippen LogP contribution in [-0.2, 0) is 39.6 Å². The van der Waals surface area contributed by atoms with E-state index in [1.807, 2.05) is 68.4 Å². The fraction of sp³-hybridized carbons (Fsp3) is 0.439. The highest BCUT2D eigenvalue weighted by Crippen LogP contribution is 2.48. The summed E-state index contributed by atoms with van der Waals surface area (Å²) in [5, 5.41) is 10.8. The van der Waals surface area contributed by atoms with Crippen LogP contribution in [0.1, 0.15) is 131 Å². The lowest BCUT2D eigenvalue weighted by molar-refractivity contribution is -0.157. The number of nitrogens with one attached hydrogen (secondary N) is 3. The zero-order valence-electron chi connectivity index (χ0n) is 44.5. The number of piperidine rings is 3. The van der Waals surface area contributed by atoms with Crippen LogP contribution in [0.15, 0.2) is 78.9 Å². The highest BCUT2D eigenvalue weighted by Gasteiger charge is 2.43. The quantitative estimate of drug-likeness (QED) is 0.0743. The number of nitrogens with zero attached hydrogens (tertiary/aromatic N) is 3. The van der Waals surface area contributed by atoms with Crippen LogP contribution in [0.5, 0.6) is 5.75 Å². The number of hydrogen-bond donors (Lipinski definition) is 3. The molecule has 5 aromatic rings. The molecule has 2 atom stereocenters. The normalized spacial score (nSPS) is 19.3. The molecule has 4 aliphatic rings. The van der Waals surface area contributed by atoms with E-state index in [2.05, 4.69) is 16.0 Å². The number of hydrogen-bond acceptors (Lipinski definition) is 13. The predicted octanol–water partition coefficient (Wildman–Crippen LogP) is 10.3. The lowest BCUT2D eigenvalue weighted by Gasteiger charge is -2.45. The van der Waals surface area contributed by atoms with Gasteiger partial charge in [-0.15, -0.1) is 11.3 Å². The molecule has 5 heterocycles. The van der Waals surface area contributed by atoms with Gasteiger partial charge in [0.1, 0.15) is 22.3 Å². The van der Waals surface area contributed by atoms with Crippen molar-refractivity contribution in [3.05, 3.63) is 105 Å². The third kappa shape index (κ3) is 12.1. The molecule has 0 bridgehead atoms. The zero-order chi connectivity index (χ0) is 55.4. The van der Waals surface area contributed by atoms with Gasteiger partial charge in [-0.1, -0.05) is 54.1 Å². The molecule has 3 saturated heterocycles. The number of sulfonamides is 1. The van der Waals surface area contributed by atoms with Crippen molar-refractivity contribution in [2.75, 3.05) is 41.8 Å². The third-order valence-corrected chi connectivity index (χ3v) is 17.8. The average molecular weight is 1110 g/mol. The number of imide groups is 1. The number of carbonyl (C=O) groups excluding carboxylic acids is 6. The molecule has 3 N–H and O–H groups in total. The average Bonchev–Trinajstić information content (AvgIpc) is 3.95. The van der Waals surface area contributed by atoms with Crippen molar-refractivity contribution in [2.24, 2.45) is 0 Å². The SMILES string of the molecule is CC(C)(C)OC(=O)COc1c(C(=O)OC(C)(C)C)sc(-c2cccc(N[C@H]3CCN(S(=O)(=O)Cc4cccc(NC(=O)N5CCC(c6ccc7c8c(cccc68)N(C6CCC(=O)NC6=O)C7=O)CC5)c4)C(C)(C)C3)c2)c1Cl. The number of urea groups is 1. The van der Waals surface area contributed by atoms with E-state index in [1.165, 1.54) is 4.90 Å². The summed E-state index contributed by atoms with van der Waals surface area (Å²) in [5.41, 5.74) is 2.44. The van der Waals surface area contributed by atoms with Gasteiger partial charge in [-0.2, -0.15) is 4.31 Å². The maximum absolute atomic E-state index is 14.2. The molecule has 4 aliphatic heterocycles. The minimum atomic E-state index is -3.82. The van der Waals surface area contributed by atoms with E-state index < -0.39 is 57.3 Å². The van der Waals surface area contributed by atoms with Crippen LogP contribution in [0.3, 0.4) is 0 Å². The summed E-state index contributed by atoms with van der Waals surface area (Å²) in [7, 11) is -3.82. The van der Waals surface area contributed by atoms with E-state index in [4.69, 9.17) is 25.8 Å². The number of esters is 2. The Morgan fingerprint density at radius 1 is 0.844 bits per heavy atom. The van der Waals surface area contributed by atoms with Crippen LogP contribution in [0, 0.1) is 0 Å². The number of carbonyl (C=O) groups is 6. The molecule has 4 aromatic carbocycles. The van der Waals surface area contributed by atoms with E-state index in [9.17, 15) is 37.2 Å². The van der Waals surface area contributed by atoms with Gasteiger partial charge in [-0.25, -0.2) is 22.8 Å². The van der Waals surface area contributed by atoms with Crippen LogP contribution >= 0.6 is 22.9 Å². The van der Waals surface area contributed by atoms with E-state index in [-0.39, 0.29) is 70.6 Å². The van der Waals surface area contributed by atoms with Gasteiger partial charge in [-0.05, 0) is 152 Å². The number of amides is 5. The molecule has 0 spiro atoms. The Kier molecular flexibility index (Phi) is 15.3. The van der Waals surface area contributed by atoms with E-state index >= 15 is 0 Å². The molecular formula is C57H65ClN6O11S2. The maximum Gasteiger partial charge on any atom is 0.352 e. The van der Waals surface area contributed by atoms with Crippen molar-refractivity contribution in [1.82, 2.24) is 14.5 Å². The number of benzene rings is 4. The first-order valence-corrected chi connectivity index (χ1v) is 28.7. The molecule has 1 unspecified atom stereocenters. The summed E-state index contributed by atoms with van der Waals surface area (Å²) in [6.45, 7) is 15.1. The summed E-state index contributed by atoms with van der Waals surface area (Å²) in [4.78, 5) is 82.0. The Morgan fingerprint density at radius 2 is 1.55 bits per heavy atom. The van der Waals surface area contributed by atoms with E-state index in [1.54, 1.807) is 75.0 Å². The maximum atomic E-state index is 14.2. The second-order valence-corrected chi connectivity index (χ2v) is 26.1.